The zero-order chi connectivity index (χ0) is 28.8. The van der Waals surface area contributed by atoms with E-state index in [0.717, 1.165) is 43.6 Å². The summed E-state index contributed by atoms with van der Waals surface area (Å²) in [6, 6.07) is 16.8. The van der Waals surface area contributed by atoms with Crippen LogP contribution in [0.25, 0.3) is 16.7 Å². The number of imide groups is 1. The van der Waals surface area contributed by atoms with Crippen molar-refractivity contribution < 1.29 is 14.4 Å². The lowest BCUT2D eigenvalue weighted by Crippen LogP contribution is -2.52. The van der Waals surface area contributed by atoms with Crippen molar-refractivity contribution in [3.05, 3.63) is 99.7 Å². The SMILES string of the molecule is O=C1CCC(N2Cc3cc(C4CCN(Cc5ccc6ncn(-c7ccccn7)c(=O)c6c5)CC4)ccc3C2=O)C(=O)N1. The van der Waals surface area contributed by atoms with Crippen LogP contribution in [-0.2, 0) is 22.7 Å². The largest absolute Gasteiger partial charge is 0.322 e. The van der Waals surface area contributed by atoms with Crippen molar-refractivity contribution >= 4 is 28.6 Å². The van der Waals surface area contributed by atoms with E-state index in [1.165, 1.54) is 16.5 Å². The van der Waals surface area contributed by atoms with Crippen LogP contribution in [0.2, 0.25) is 0 Å². The first-order valence-electron chi connectivity index (χ1n) is 14.4. The Bertz CT molecular complexity index is 1780. The first kappa shape index (κ1) is 26.2. The number of hydrogen-bond acceptors (Lipinski definition) is 7. The number of carbonyl (C=O) groups is 3. The van der Waals surface area contributed by atoms with Gasteiger partial charge in [-0.2, -0.15) is 0 Å². The van der Waals surface area contributed by atoms with E-state index in [2.05, 4.69) is 26.3 Å². The number of carbonyl (C=O) groups excluding carboxylic acids is 3. The average Bonchev–Trinajstić information content (AvgIpc) is 3.33. The Morgan fingerprint density at radius 1 is 0.905 bits per heavy atom. The van der Waals surface area contributed by atoms with E-state index < -0.39 is 6.04 Å². The van der Waals surface area contributed by atoms with E-state index in [1.807, 2.05) is 42.5 Å². The van der Waals surface area contributed by atoms with Crippen LogP contribution in [0.15, 0.2) is 71.9 Å². The van der Waals surface area contributed by atoms with Gasteiger partial charge in [-0.3, -0.25) is 34.0 Å². The summed E-state index contributed by atoms with van der Waals surface area (Å²) >= 11 is 0. The van der Waals surface area contributed by atoms with E-state index in [4.69, 9.17) is 0 Å². The predicted molar refractivity (Wildman–Crippen MR) is 155 cm³/mol. The van der Waals surface area contributed by atoms with Gasteiger partial charge in [0.2, 0.25) is 11.8 Å². The first-order chi connectivity index (χ1) is 20.4. The second-order valence-electron chi connectivity index (χ2n) is 11.3. The van der Waals surface area contributed by atoms with Gasteiger partial charge in [-0.25, -0.2) is 9.97 Å². The molecule has 1 N–H and O–H groups in total. The topological polar surface area (TPSA) is 118 Å². The van der Waals surface area contributed by atoms with Crippen molar-refractivity contribution in [1.29, 1.82) is 0 Å². The predicted octanol–water partition coefficient (Wildman–Crippen LogP) is 2.92. The molecule has 3 amide bonds. The lowest BCUT2D eigenvalue weighted by Gasteiger charge is -2.32. The summed E-state index contributed by atoms with van der Waals surface area (Å²) in [6.07, 6.45) is 5.78. The zero-order valence-corrected chi connectivity index (χ0v) is 23.0. The summed E-state index contributed by atoms with van der Waals surface area (Å²) in [5.74, 6) is 0.122. The third kappa shape index (κ3) is 4.77. The molecule has 1 atom stereocenters. The Morgan fingerprint density at radius 3 is 2.55 bits per heavy atom. The van der Waals surface area contributed by atoms with Gasteiger partial charge < -0.3 is 4.90 Å². The lowest BCUT2D eigenvalue weighted by molar-refractivity contribution is -0.136. The molecule has 212 valence electrons. The molecule has 42 heavy (non-hydrogen) atoms. The molecule has 10 heteroatoms. The summed E-state index contributed by atoms with van der Waals surface area (Å²) in [5, 5.41) is 2.94. The second kappa shape index (κ2) is 10.6. The monoisotopic (exact) mass is 562 g/mol. The molecule has 2 aromatic carbocycles. The van der Waals surface area contributed by atoms with Gasteiger partial charge in [0.1, 0.15) is 18.2 Å². The van der Waals surface area contributed by atoms with Gasteiger partial charge in [0.25, 0.3) is 11.5 Å². The Balaban J connectivity index is 1.01. The quantitative estimate of drug-likeness (QED) is 0.372. The van der Waals surface area contributed by atoms with Crippen LogP contribution >= 0.6 is 0 Å². The number of fused-ring (bicyclic) bond motifs is 2. The van der Waals surface area contributed by atoms with Gasteiger partial charge in [0, 0.05) is 31.3 Å². The first-order valence-corrected chi connectivity index (χ1v) is 14.4. The number of rotatable bonds is 5. The van der Waals surface area contributed by atoms with Crippen LogP contribution in [0.5, 0.6) is 0 Å². The number of benzene rings is 2. The molecule has 1 unspecified atom stereocenters. The molecule has 0 radical (unpaired) electrons. The number of piperidine rings is 2. The van der Waals surface area contributed by atoms with Gasteiger partial charge in [-0.15, -0.1) is 0 Å². The smallest absolute Gasteiger partial charge is 0.266 e. The van der Waals surface area contributed by atoms with Crippen molar-refractivity contribution in [1.82, 2.24) is 29.7 Å². The number of nitrogens with one attached hydrogen (secondary N) is 1. The molecule has 0 bridgehead atoms. The van der Waals surface area contributed by atoms with Crippen LogP contribution in [-0.4, -0.2) is 61.2 Å². The molecule has 5 heterocycles. The Kier molecular flexibility index (Phi) is 6.62. The molecule has 2 aromatic heterocycles. The third-order valence-corrected chi connectivity index (χ3v) is 8.73. The molecule has 2 fully saturated rings. The Morgan fingerprint density at radius 2 is 1.76 bits per heavy atom. The van der Waals surface area contributed by atoms with Gasteiger partial charge in [-0.1, -0.05) is 24.3 Å². The summed E-state index contributed by atoms with van der Waals surface area (Å²) < 4.78 is 1.48. The van der Waals surface area contributed by atoms with E-state index in [9.17, 15) is 19.2 Å². The highest BCUT2D eigenvalue weighted by atomic mass is 16.2. The van der Waals surface area contributed by atoms with Gasteiger partial charge in [0.15, 0.2) is 0 Å². The van der Waals surface area contributed by atoms with Crippen LogP contribution in [0.3, 0.4) is 0 Å². The van der Waals surface area contributed by atoms with Gasteiger partial charge >= 0.3 is 0 Å². The van der Waals surface area contributed by atoms with Crippen molar-refractivity contribution in [3.8, 4) is 5.82 Å². The van der Waals surface area contributed by atoms with E-state index in [1.54, 1.807) is 17.2 Å². The zero-order valence-electron chi connectivity index (χ0n) is 23.0. The number of hydrogen-bond donors (Lipinski definition) is 1. The van der Waals surface area contributed by atoms with Crippen molar-refractivity contribution in [2.75, 3.05) is 13.1 Å². The van der Waals surface area contributed by atoms with E-state index in [0.29, 0.717) is 41.2 Å². The normalized spacial score (nSPS) is 19.8. The average molecular weight is 563 g/mol. The molecule has 3 aliphatic heterocycles. The molecule has 4 aromatic rings. The maximum atomic E-state index is 13.2. The molecular weight excluding hydrogens is 532 g/mol. The van der Waals surface area contributed by atoms with Crippen molar-refractivity contribution in [2.45, 2.75) is 50.7 Å². The van der Waals surface area contributed by atoms with Crippen LogP contribution in [0, 0.1) is 0 Å². The van der Waals surface area contributed by atoms with E-state index >= 15 is 0 Å². The van der Waals surface area contributed by atoms with Gasteiger partial charge in [-0.05, 0) is 85.3 Å². The fourth-order valence-electron chi connectivity index (χ4n) is 6.46. The number of aromatic nitrogens is 3. The standard InChI is InChI=1S/C32H30N6O4/c39-29-9-8-27(30(40)35-29)37-18-23-16-22(5-6-24(23)31(37)41)21-10-13-36(14-11-21)17-20-4-7-26-25(15-20)32(42)38(19-34-26)28-3-1-2-12-33-28/h1-7,12,15-16,19,21,27H,8-11,13-14,17-18H2,(H,35,39,40). The molecular formula is C32H30N6O4. The maximum absolute atomic E-state index is 13.2. The molecule has 2 saturated heterocycles. The molecule has 10 nitrogen and oxygen atoms in total. The van der Waals surface area contributed by atoms with Crippen LogP contribution in [0.1, 0.15) is 58.6 Å². The van der Waals surface area contributed by atoms with Crippen molar-refractivity contribution in [3.63, 3.8) is 0 Å². The minimum absolute atomic E-state index is 0.134. The van der Waals surface area contributed by atoms with Gasteiger partial charge in [0.05, 0.1) is 10.9 Å². The number of amides is 3. The molecule has 7 rings (SSSR count). The minimum atomic E-state index is -0.599. The number of pyridine rings is 1. The Hall–Kier alpha value is -4.70. The third-order valence-electron chi connectivity index (χ3n) is 8.73. The summed E-state index contributed by atoms with van der Waals surface area (Å²) in [4.78, 5) is 63.0. The molecule has 0 aliphatic carbocycles. The second-order valence-corrected chi connectivity index (χ2v) is 11.3. The van der Waals surface area contributed by atoms with Crippen molar-refractivity contribution in [2.24, 2.45) is 0 Å². The summed E-state index contributed by atoms with van der Waals surface area (Å²) in [5.41, 5.74) is 4.42. The highest BCUT2D eigenvalue weighted by Gasteiger charge is 2.39. The lowest BCUT2D eigenvalue weighted by atomic mass is 9.87. The van der Waals surface area contributed by atoms with Crippen LogP contribution < -0.4 is 10.9 Å². The minimum Gasteiger partial charge on any atom is -0.322 e. The Labute approximate surface area is 242 Å². The van der Waals surface area contributed by atoms with Crippen LogP contribution in [0.4, 0.5) is 0 Å². The molecule has 0 saturated carbocycles. The summed E-state index contributed by atoms with van der Waals surface area (Å²) in [7, 11) is 0. The van der Waals surface area contributed by atoms with E-state index in [-0.39, 0.29) is 29.7 Å². The molecule has 3 aliphatic rings. The summed E-state index contributed by atoms with van der Waals surface area (Å²) in [6.45, 7) is 2.99. The fraction of sp³-hybridized carbons (Fsp3) is 0.312. The maximum Gasteiger partial charge on any atom is 0.266 e. The highest BCUT2D eigenvalue weighted by Crippen LogP contribution is 2.34. The highest BCUT2D eigenvalue weighted by molar-refractivity contribution is 6.05. The number of nitrogens with zero attached hydrogens (tertiary/aromatic N) is 5. The number of likely N-dealkylation sites (tertiary alicyclic amines) is 1. The fourth-order valence-corrected chi connectivity index (χ4v) is 6.46. The molecule has 0 spiro atoms.